The number of aryl methyl sites for hydroxylation is 1. The van der Waals surface area contributed by atoms with Crippen LogP contribution in [0.3, 0.4) is 0 Å². The van der Waals surface area contributed by atoms with Crippen molar-refractivity contribution < 1.29 is 4.79 Å². The van der Waals surface area contributed by atoms with Gasteiger partial charge in [0.2, 0.25) is 5.95 Å². The van der Waals surface area contributed by atoms with Gasteiger partial charge in [0.15, 0.2) is 5.65 Å². The van der Waals surface area contributed by atoms with Gasteiger partial charge in [-0.1, -0.05) is 0 Å². The second-order valence-electron chi connectivity index (χ2n) is 6.81. The van der Waals surface area contributed by atoms with Crippen LogP contribution >= 0.6 is 0 Å². The first-order valence-corrected chi connectivity index (χ1v) is 8.97. The Hall–Kier alpha value is -2.96. The van der Waals surface area contributed by atoms with Crippen LogP contribution < -0.4 is 10.2 Å². The number of nitrogens with zero attached hydrogens (tertiary/aromatic N) is 5. The molecule has 0 aromatic carbocycles. The lowest BCUT2D eigenvalue weighted by Crippen LogP contribution is -2.38. The summed E-state index contributed by atoms with van der Waals surface area (Å²) in [6, 6.07) is 5.86. The van der Waals surface area contributed by atoms with Crippen LogP contribution in [0.15, 0.2) is 36.8 Å². The van der Waals surface area contributed by atoms with E-state index >= 15 is 0 Å². The number of carbonyl (C=O) groups excluding carboxylic acids is 1. The molecule has 0 bridgehead atoms. The molecule has 1 atom stereocenters. The summed E-state index contributed by atoms with van der Waals surface area (Å²) in [7, 11) is 0. The molecule has 0 radical (unpaired) electrons. The molecular weight excluding hydrogens is 328 g/mol. The molecule has 1 fully saturated rings. The Balaban J connectivity index is 1.62. The molecule has 3 aromatic heterocycles. The van der Waals surface area contributed by atoms with E-state index < -0.39 is 0 Å². The third-order valence-corrected chi connectivity index (χ3v) is 4.93. The van der Waals surface area contributed by atoms with Gasteiger partial charge in [-0.3, -0.25) is 15.1 Å². The zero-order valence-corrected chi connectivity index (χ0v) is 15.0. The summed E-state index contributed by atoms with van der Waals surface area (Å²) in [6.07, 6.45) is 8.90. The van der Waals surface area contributed by atoms with Crippen molar-refractivity contribution in [2.24, 2.45) is 0 Å². The van der Waals surface area contributed by atoms with E-state index in [1.54, 1.807) is 29.0 Å². The number of nitrogens with one attached hydrogen (secondary N) is 1. The lowest BCUT2D eigenvalue weighted by molar-refractivity contribution is 0.102. The number of rotatable bonds is 3. The first-order chi connectivity index (χ1) is 12.6. The maximum Gasteiger partial charge on any atom is 0.258 e. The van der Waals surface area contributed by atoms with E-state index in [1.165, 1.54) is 30.5 Å². The zero-order chi connectivity index (χ0) is 18.1. The third kappa shape index (κ3) is 3.12. The first-order valence-electron chi connectivity index (χ1n) is 8.97. The summed E-state index contributed by atoms with van der Waals surface area (Å²) in [5, 5.41) is 7.18. The van der Waals surface area contributed by atoms with E-state index in [4.69, 9.17) is 0 Å². The topological polar surface area (TPSA) is 75.4 Å². The van der Waals surface area contributed by atoms with Gasteiger partial charge in [-0.15, -0.1) is 5.10 Å². The Bertz CT molecular complexity index is 936. The van der Waals surface area contributed by atoms with Gasteiger partial charge in [-0.05, 0) is 56.9 Å². The molecule has 7 heteroatoms. The number of piperidine rings is 1. The molecule has 4 rings (SSSR count). The number of anilines is 2. The molecule has 0 spiro atoms. The Morgan fingerprint density at radius 1 is 1.27 bits per heavy atom. The van der Waals surface area contributed by atoms with Crippen LogP contribution in [0.5, 0.6) is 0 Å². The summed E-state index contributed by atoms with van der Waals surface area (Å²) in [4.78, 5) is 23.1. The average Bonchev–Trinajstić information content (AvgIpc) is 3.03. The van der Waals surface area contributed by atoms with Gasteiger partial charge in [0.1, 0.15) is 0 Å². The molecule has 1 aliphatic rings. The van der Waals surface area contributed by atoms with E-state index in [0.717, 1.165) is 12.2 Å². The van der Waals surface area contributed by atoms with Crippen molar-refractivity contribution in [2.75, 3.05) is 16.8 Å². The molecule has 1 unspecified atom stereocenters. The highest BCUT2D eigenvalue weighted by atomic mass is 16.1. The molecule has 4 heterocycles. The Kier molecular flexibility index (Phi) is 4.28. The average molecular weight is 350 g/mol. The van der Waals surface area contributed by atoms with E-state index in [9.17, 15) is 4.79 Å². The molecular formula is C19H22N6O. The monoisotopic (exact) mass is 350 g/mol. The Morgan fingerprint density at radius 2 is 2.08 bits per heavy atom. The lowest BCUT2D eigenvalue weighted by atomic mass is 10.0. The lowest BCUT2D eigenvalue weighted by Gasteiger charge is -2.36. The number of fused-ring (bicyclic) bond motifs is 1. The van der Waals surface area contributed by atoms with Crippen molar-refractivity contribution >= 4 is 23.2 Å². The standard InChI is InChI=1S/C19H22N6O/c1-13-11-17-21-19(22-18(26)15-6-8-20-9-7-15)23-25(17)12-16(13)24-10-4-3-5-14(24)2/h6-9,11-12,14H,3-5,10H2,1-2H3,(H,22,23,26). The molecule has 1 aliphatic heterocycles. The van der Waals surface area contributed by atoms with Crippen molar-refractivity contribution in [1.29, 1.82) is 0 Å². The first kappa shape index (κ1) is 16.5. The van der Waals surface area contributed by atoms with Crippen LogP contribution in [-0.2, 0) is 0 Å². The van der Waals surface area contributed by atoms with Crippen LogP contribution in [0.2, 0.25) is 0 Å². The largest absolute Gasteiger partial charge is 0.367 e. The molecule has 1 amide bonds. The van der Waals surface area contributed by atoms with Crippen molar-refractivity contribution in [3.05, 3.63) is 47.9 Å². The molecule has 7 nitrogen and oxygen atoms in total. The van der Waals surface area contributed by atoms with Gasteiger partial charge in [-0.2, -0.15) is 4.98 Å². The molecule has 1 N–H and O–H groups in total. The highest BCUT2D eigenvalue weighted by Crippen LogP contribution is 2.28. The molecule has 1 saturated heterocycles. The van der Waals surface area contributed by atoms with Crippen LogP contribution in [0, 0.1) is 6.92 Å². The van der Waals surface area contributed by atoms with Crippen molar-refractivity contribution in [3.8, 4) is 0 Å². The van der Waals surface area contributed by atoms with Crippen LogP contribution in [0.25, 0.3) is 5.65 Å². The molecule has 3 aromatic rings. The smallest absolute Gasteiger partial charge is 0.258 e. The maximum absolute atomic E-state index is 12.3. The zero-order valence-electron chi connectivity index (χ0n) is 15.0. The van der Waals surface area contributed by atoms with Gasteiger partial charge in [0, 0.05) is 30.5 Å². The van der Waals surface area contributed by atoms with Crippen molar-refractivity contribution in [3.63, 3.8) is 0 Å². The summed E-state index contributed by atoms with van der Waals surface area (Å²) >= 11 is 0. The number of pyridine rings is 2. The number of amides is 1. The minimum absolute atomic E-state index is 0.245. The summed E-state index contributed by atoms with van der Waals surface area (Å²) in [5.74, 6) is 0.0555. The fourth-order valence-electron chi connectivity index (χ4n) is 3.50. The van der Waals surface area contributed by atoms with Gasteiger partial charge in [-0.25, -0.2) is 4.52 Å². The van der Waals surface area contributed by atoms with Crippen molar-refractivity contribution in [1.82, 2.24) is 19.6 Å². The normalized spacial score (nSPS) is 17.5. The number of hydrogen-bond acceptors (Lipinski definition) is 5. The number of hydrogen-bond donors (Lipinski definition) is 1. The van der Waals surface area contributed by atoms with E-state index in [0.29, 0.717) is 17.6 Å². The Labute approximate surface area is 152 Å². The van der Waals surface area contributed by atoms with E-state index in [1.807, 2.05) is 12.3 Å². The SMILES string of the molecule is Cc1cc2nc(NC(=O)c3ccncc3)nn2cc1N1CCCCC1C. The molecule has 26 heavy (non-hydrogen) atoms. The summed E-state index contributed by atoms with van der Waals surface area (Å²) < 4.78 is 1.74. The van der Waals surface area contributed by atoms with E-state index in [-0.39, 0.29) is 5.91 Å². The number of aromatic nitrogens is 4. The van der Waals surface area contributed by atoms with Gasteiger partial charge >= 0.3 is 0 Å². The molecule has 0 saturated carbocycles. The molecule has 134 valence electrons. The third-order valence-electron chi connectivity index (χ3n) is 4.93. The highest BCUT2D eigenvalue weighted by Gasteiger charge is 2.21. The maximum atomic E-state index is 12.3. The quantitative estimate of drug-likeness (QED) is 0.786. The van der Waals surface area contributed by atoms with Gasteiger partial charge in [0.25, 0.3) is 5.91 Å². The second kappa shape index (κ2) is 6.74. The van der Waals surface area contributed by atoms with E-state index in [2.05, 4.69) is 39.1 Å². The molecule has 0 aliphatic carbocycles. The summed E-state index contributed by atoms with van der Waals surface area (Å²) in [6.45, 7) is 5.43. The fraction of sp³-hybridized carbons (Fsp3) is 0.368. The second-order valence-corrected chi connectivity index (χ2v) is 6.81. The Morgan fingerprint density at radius 3 is 2.85 bits per heavy atom. The fourth-order valence-corrected chi connectivity index (χ4v) is 3.50. The van der Waals surface area contributed by atoms with Gasteiger partial charge < -0.3 is 4.90 Å². The van der Waals surface area contributed by atoms with Crippen LogP contribution in [-0.4, -0.2) is 38.1 Å². The highest BCUT2D eigenvalue weighted by molar-refractivity contribution is 6.03. The van der Waals surface area contributed by atoms with Crippen LogP contribution in [0.1, 0.15) is 42.1 Å². The number of carbonyl (C=O) groups is 1. The van der Waals surface area contributed by atoms with Gasteiger partial charge in [0.05, 0.1) is 11.9 Å². The predicted octanol–water partition coefficient (Wildman–Crippen LogP) is 3.06. The van der Waals surface area contributed by atoms with Crippen molar-refractivity contribution in [2.45, 2.75) is 39.2 Å². The van der Waals surface area contributed by atoms with Crippen LogP contribution in [0.4, 0.5) is 11.6 Å². The summed E-state index contributed by atoms with van der Waals surface area (Å²) in [5.41, 5.74) is 3.60. The predicted molar refractivity (Wildman–Crippen MR) is 101 cm³/mol. The minimum atomic E-state index is -0.245. The minimum Gasteiger partial charge on any atom is -0.367 e.